The van der Waals surface area contributed by atoms with Gasteiger partial charge in [-0.3, -0.25) is 4.90 Å². The first-order valence-electron chi connectivity index (χ1n) is 13.8. The predicted molar refractivity (Wildman–Crippen MR) is 142 cm³/mol. The summed E-state index contributed by atoms with van der Waals surface area (Å²) in [4.78, 5) is 7.76. The molecule has 0 spiro atoms. The van der Waals surface area contributed by atoms with Crippen LogP contribution in [0.15, 0.2) is 48.5 Å². The van der Waals surface area contributed by atoms with Gasteiger partial charge in [0, 0.05) is 18.1 Å². The molecule has 186 valence electrons. The van der Waals surface area contributed by atoms with Crippen LogP contribution in [0.25, 0.3) is 11.0 Å². The van der Waals surface area contributed by atoms with E-state index in [-0.39, 0.29) is 5.41 Å². The van der Waals surface area contributed by atoms with Crippen LogP contribution in [-0.2, 0) is 5.41 Å². The summed E-state index contributed by atoms with van der Waals surface area (Å²) in [6.07, 6.45) is 8.89. The first-order valence-corrected chi connectivity index (χ1v) is 13.8. The first kappa shape index (κ1) is 23.1. The van der Waals surface area contributed by atoms with Gasteiger partial charge in [-0.2, -0.15) is 0 Å². The molecule has 0 saturated carbocycles. The second-order valence-electron chi connectivity index (χ2n) is 11.0. The van der Waals surface area contributed by atoms with Crippen LogP contribution in [0.2, 0.25) is 0 Å². The number of benzene rings is 2. The van der Waals surface area contributed by atoms with E-state index < -0.39 is 0 Å². The maximum Gasteiger partial charge on any atom is 0.119 e. The summed E-state index contributed by atoms with van der Waals surface area (Å²) < 4.78 is 8.42. The Labute approximate surface area is 209 Å². The van der Waals surface area contributed by atoms with Crippen LogP contribution in [0.4, 0.5) is 0 Å². The van der Waals surface area contributed by atoms with Gasteiger partial charge in [-0.05, 0) is 114 Å². The second-order valence-corrected chi connectivity index (χ2v) is 11.0. The molecule has 0 radical (unpaired) electrons. The third-order valence-electron chi connectivity index (χ3n) is 9.16. The van der Waals surface area contributed by atoms with Crippen LogP contribution in [0.3, 0.4) is 0 Å². The number of aryl methyl sites for hydroxylation is 1. The van der Waals surface area contributed by atoms with Gasteiger partial charge in [0.05, 0.1) is 17.6 Å². The fourth-order valence-corrected chi connectivity index (χ4v) is 7.46. The van der Waals surface area contributed by atoms with Gasteiger partial charge in [-0.25, -0.2) is 4.98 Å². The van der Waals surface area contributed by atoms with Crippen molar-refractivity contribution in [2.24, 2.45) is 0 Å². The predicted octanol–water partition coefficient (Wildman–Crippen LogP) is 5.62. The smallest absolute Gasteiger partial charge is 0.119 e. The maximum atomic E-state index is 5.87. The number of rotatable bonds is 7. The Hall–Kier alpha value is -2.37. The lowest BCUT2D eigenvalue weighted by atomic mass is 9.70. The molecule has 0 aliphatic carbocycles. The Balaban J connectivity index is 1.20. The fraction of sp³-hybridized carbons (Fsp3) is 0.567. The molecule has 2 atom stereocenters. The monoisotopic (exact) mass is 472 g/mol. The molecular weight excluding hydrogens is 432 g/mol. The van der Waals surface area contributed by atoms with Crippen molar-refractivity contribution in [2.75, 3.05) is 26.2 Å². The SMILES string of the molecule is CCOc1cccc(C2(CCN3C4CCC3CC(n3c(C)nc5ccccc53)C4)CCNCC2)c1. The summed E-state index contributed by atoms with van der Waals surface area (Å²) in [6, 6.07) is 19.6. The van der Waals surface area contributed by atoms with E-state index in [4.69, 9.17) is 9.72 Å². The van der Waals surface area contributed by atoms with Crippen molar-refractivity contribution in [2.45, 2.75) is 82.3 Å². The van der Waals surface area contributed by atoms with E-state index in [0.717, 1.165) is 31.0 Å². The molecule has 3 saturated heterocycles. The van der Waals surface area contributed by atoms with E-state index in [9.17, 15) is 0 Å². The zero-order valence-electron chi connectivity index (χ0n) is 21.4. The van der Waals surface area contributed by atoms with Crippen molar-refractivity contribution in [3.8, 4) is 5.75 Å². The number of aromatic nitrogens is 2. The van der Waals surface area contributed by atoms with Crippen LogP contribution in [0.1, 0.15) is 69.3 Å². The van der Waals surface area contributed by atoms with Crippen molar-refractivity contribution in [3.05, 3.63) is 59.9 Å². The van der Waals surface area contributed by atoms with E-state index in [0.29, 0.717) is 18.1 Å². The Bertz CT molecular complexity index is 1150. The third-order valence-corrected chi connectivity index (χ3v) is 9.16. The lowest BCUT2D eigenvalue weighted by molar-refractivity contribution is 0.0928. The third kappa shape index (κ3) is 4.27. The first-order chi connectivity index (χ1) is 17.2. The number of para-hydroxylation sites is 2. The Morgan fingerprint density at radius 1 is 1.00 bits per heavy atom. The molecule has 2 aromatic carbocycles. The molecule has 3 aromatic rings. The summed E-state index contributed by atoms with van der Waals surface area (Å²) in [7, 11) is 0. The Morgan fingerprint density at radius 2 is 1.77 bits per heavy atom. The van der Waals surface area contributed by atoms with Gasteiger partial charge in [0.1, 0.15) is 11.6 Å². The second kappa shape index (κ2) is 9.59. The molecule has 5 nitrogen and oxygen atoms in total. The standard InChI is InChI=1S/C30H40N4O/c1-3-35-27-8-6-7-23(19-27)30(13-16-31-17-14-30)15-18-33-24-11-12-25(33)21-26(20-24)34-22(2)32-28-9-4-5-10-29(28)34/h4-10,19,24-26,31H,3,11-18,20-21H2,1-2H3. The van der Waals surface area contributed by atoms with Gasteiger partial charge in [0.15, 0.2) is 0 Å². The largest absolute Gasteiger partial charge is 0.494 e. The fourth-order valence-electron chi connectivity index (χ4n) is 7.46. The zero-order valence-corrected chi connectivity index (χ0v) is 21.4. The average Bonchev–Trinajstić information content (AvgIpc) is 3.34. The van der Waals surface area contributed by atoms with Gasteiger partial charge >= 0.3 is 0 Å². The molecule has 2 unspecified atom stereocenters. The average molecular weight is 473 g/mol. The number of ether oxygens (including phenoxy) is 1. The van der Waals surface area contributed by atoms with Gasteiger partial charge in [0.25, 0.3) is 0 Å². The lowest BCUT2D eigenvalue weighted by Gasteiger charge is -2.44. The topological polar surface area (TPSA) is 42.3 Å². The van der Waals surface area contributed by atoms with Crippen molar-refractivity contribution < 1.29 is 4.74 Å². The highest BCUT2D eigenvalue weighted by Crippen LogP contribution is 2.44. The van der Waals surface area contributed by atoms with Gasteiger partial charge in [0.2, 0.25) is 0 Å². The lowest BCUT2D eigenvalue weighted by Crippen LogP contribution is -2.47. The number of nitrogens with zero attached hydrogens (tertiary/aromatic N) is 3. The minimum atomic E-state index is 0.256. The molecule has 1 aromatic heterocycles. The molecule has 1 N–H and O–H groups in total. The molecule has 2 bridgehead atoms. The van der Waals surface area contributed by atoms with E-state index in [1.54, 1.807) is 0 Å². The Morgan fingerprint density at radius 3 is 2.54 bits per heavy atom. The molecular formula is C30H40N4O. The summed E-state index contributed by atoms with van der Waals surface area (Å²) in [5.74, 6) is 2.19. The van der Waals surface area contributed by atoms with Crippen molar-refractivity contribution in [3.63, 3.8) is 0 Å². The molecule has 4 heterocycles. The van der Waals surface area contributed by atoms with Crippen LogP contribution >= 0.6 is 0 Å². The molecule has 6 rings (SSSR count). The van der Waals surface area contributed by atoms with Gasteiger partial charge in [-0.1, -0.05) is 24.3 Å². The van der Waals surface area contributed by atoms with Crippen LogP contribution in [0, 0.1) is 6.92 Å². The summed E-state index contributed by atoms with van der Waals surface area (Å²) in [6.45, 7) is 8.42. The van der Waals surface area contributed by atoms with Crippen LogP contribution in [-0.4, -0.2) is 52.8 Å². The zero-order chi connectivity index (χ0) is 23.8. The highest BCUT2D eigenvalue weighted by molar-refractivity contribution is 5.76. The van der Waals surface area contributed by atoms with Crippen molar-refractivity contribution >= 4 is 11.0 Å². The molecule has 3 aliphatic rings. The number of piperidine rings is 2. The van der Waals surface area contributed by atoms with Crippen molar-refractivity contribution in [1.29, 1.82) is 0 Å². The van der Waals surface area contributed by atoms with E-state index in [1.807, 2.05) is 0 Å². The summed E-state index contributed by atoms with van der Waals surface area (Å²) in [5.41, 5.74) is 4.19. The van der Waals surface area contributed by atoms with E-state index in [1.165, 1.54) is 68.4 Å². The van der Waals surface area contributed by atoms with E-state index in [2.05, 4.69) is 77.2 Å². The molecule has 5 heteroatoms. The maximum absolute atomic E-state index is 5.87. The molecule has 3 fully saturated rings. The number of fused-ring (bicyclic) bond motifs is 3. The molecule has 3 aliphatic heterocycles. The minimum absolute atomic E-state index is 0.256. The highest BCUT2D eigenvalue weighted by atomic mass is 16.5. The normalized spacial score (nSPS) is 26.3. The highest BCUT2D eigenvalue weighted by Gasteiger charge is 2.43. The molecule has 0 amide bonds. The van der Waals surface area contributed by atoms with Crippen LogP contribution < -0.4 is 10.1 Å². The van der Waals surface area contributed by atoms with Crippen LogP contribution in [0.5, 0.6) is 5.75 Å². The quantitative estimate of drug-likeness (QED) is 0.484. The van der Waals surface area contributed by atoms with E-state index >= 15 is 0 Å². The minimum Gasteiger partial charge on any atom is -0.494 e. The summed E-state index contributed by atoms with van der Waals surface area (Å²) in [5, 5.41) is 3.60. The number of nitrogens with one attached hydrogen (secondary N) is 1. The number of imidazole rings is 1. The molecule has 35 heavy (non-hydrogen) atoms. The summed E-state index contributed by atoms with van der Waals surface area (Å²) >= 11 is 0. The number of hydrogen-bond acceptors (Lipinski definition) is 4. The van der Waals surface area contributed by atoms with Gasteiger partial charge in [-0.15, -0.1) is 0 Å². The van der Waals surface area contributed by atoms with Crippen molar-refractivity contribution in [1.82, 2.24) is 19.8 Å². The number of hydrogen-bond donors (Lipinski definition) is 1. The van der Waals surface area contributed by atoms with Gasteiger partial charge < -0.3 is 14.6 Å². The Kier molecular flexibility index (Phi) is 6.32.